The number of amides is 2. The third-order valence-electron chi connectivity index (χ3n) is 6.73. The molecule has 7 nitrogen and oxygen atoms in total. The van der Waals surface area contributed by atoms with Crippen LogP contribution in [0.15, 0.2) is 71.6 Å². The molecule has 0 aliphatic rings. The number of hydrogen-bond acceptors (Lipinski definition) is 4. The first-order valence-electron chi connectivity index (χ1n) is 13.3. The normalized spacial score (nSPS) is 12.9. The first-order valence-corrected chi connectivity index (χ1v) is 15.5. The molecule has 0 bridgehead atoms. The van der Waals surface area contributed by atoms with Crippen LogP contribution in [0.25, 0.3) is 0 Å². The van der Waals surface area contributed by atoms with E-state index in [4.69, 9.17) is 23.2 Å². The number of anilines is 1. The third-order valence-corrected chi connectivity index (χ3v) is 9.25. The lowest BCUT2D eigenvalue weighted by molar-refractivity contribution is -0.140. The molecule has 0 saturated carbocycles. The molecular weight excluding hydrogens is 588 g/mol. The van der Waals surface area contributed by atoms with Gasteiger partial charge in [-0.15, -0.1) is 0 Å². The number of carbonyl (C=O) groups is 2. The zero-order chi connectivity index (χ0) is 30.3. The van der Waals surface area contributed by atoms with Crippen molar-refractivity contribution in [2.45, 2.75) is 64.1 Å². The quantitative estimate of drug-likeness (QED) is 0.255. The van der Waals surface area contributed by atoms with E-state index in [0.717, 1.165) is 22.0 Å². The number of halogens is 3. The summed E-state index contributed by atoms with van der Waals surface area (Å²) < 4.78 is 42.4. The molecule has 3 aromatic rings. The predicted octanol–water partition coefficient (Wildman–Crippen LogP) is 6.36. The first kappa shape index (κ1) is 32.4. The van der Waals surface area contributed by atoms with Crippen molar-refractivity contribution in [1.82, 2.24) is 10.2 Å². The minimum absolute atomic E-state index is 0.0238. The monoisotopic (exact) mass is 621 g/mol. The Morgan fingerprint density at radius 1 is 0.927 bits per heavy atom. The number of benzene rings is 3. The fourth-order valence-electron chi connectivity index (χ4n) is 4.17. The van der Waals surface area contributed by atoms with Gasteiger partial charge in [-0.3, -0.25) is 13.9 Å². The molecule has 0 unspecified atom stereocenters. The van der Waals surface area contributed by atoms with Gasteiger partial charge < -0.3 is 10.2 Å². The maximum Gasteiger partial charge on any atom is 0.264 e. The summed E-state index contributed by atoms with van der Waals surface area (Å²) in [5, 5.41) is 3.54. The first-order chi connectivity index (χ1) is 19.4. The minimum atomic E-state index is -4.25. The molecule has 0 aliphatic heterocycles. The van der Waals surface area contributed by atoms with Crippen molar-refractivity contribution in [3.05, 3.63) is 93.7 Å². The van der Waals surface area contributed by atoms with Crippen molar-refractivity contribution in [2.24, 2.45) is 0 Å². The van der Waals surface area contributed by atoms with E-state index in [0.29, 0.717) is 17.0 Å². The Bertz CT molecular complexity index is 1470. The largest absolute Gasteiger partial charge is 0.352 e. The molecule has 41 heavy (non-hydrogen) atoms. The number of sulfonamides is 1. The summed E-state index contributed by atoms with van der Waals surface area (Å²) in [5.41, 5.74) is 1.57. The number of hydrogen-bond donors (Lipinski definition) is 1. The van der Waals surface area contributed by atoms with E-state index in [1.54, 1.807) is 37.3 Å². The van der Waals surface area contributed by atoms with Crippen LogP contribution < -0.4 is 9.62 Å². The average Bonchev–Trinajstić information content (AvgIpc) is 2.94. The molecular formula is C30H34Cl2FN3O4S. The van der Waals surface area contributed by atoms with Gasteiger partial charge in [-0.2, -0.15) is 0 Å². The van der Waals surface area contributed by atoms with Crippen LogP contribution >= 0.6 is 23.2 Å². The van der Waals surface area contributed by atoms with Crippen LogP contribution in [-0.2, 0) is 26.2 Å². The molecule has 2 amide bonds. The molecule has 1 N–H and O–H groups in total. The van der Waals surface area contributed by atoms with Crippen molar-refractivity contribution < 1.29 is 22.4 Å². The van der Waals surface area contributed by atoms with E-state index in [1.807, 2.05) is 20.8 Å². The van der Waals surface area contributed by atoms with Gasteiger partial charge in [0.2, 0.25) is 11.8 Å². The second kappa shape index (κ2) is 14.2. The van der Waals surface area contributed by atoms with E-state index in [1.165, 1.54) is 29.2 Å². The summed E-state index contributed by atoms with van der Waals surface area (Å²) in [6, 6.07) is 14.9. The lowest BCUT2D eigenvalue weighted by Gasteiger charge is -2.33. The number of aryl methyl sites for hydroxylation is 1. The number of nitrogens with one attached hydrogen (secondary N) is 1. The SMILES string of the molecule is CC[C@H](C(=O)N[C@@H](C)CC)N(Cc1ccc(Cl)c(Cl)c1)C(=O)CN(c1ccc(F)cc1)S(=O)(=O)c1ccc(C)cc1. The standard InChI is InChI=1S/C30H34Cl2FN3O4S/c1-5-21(4)34-30(38)28(6-2)35(18-22-9-16-26(31)27(32)17-22)29(37)19-36(24-12-10-23(33)11-13-24)41(39,40)25-14-7-20(3)8-15-25/h7-17,21,28H,5-6,18-19H2,1-4H3,(H,34,38)/t21-,28+/m0/s1. The maximum absolute atomic E-state index is 14.0. The Hall–Kier alpha value is -3.14. The van der Waals surface area contributed by atoms with Crippen LogP contribution in [0.3, 0.4) is 0 Å². The third kappa shape index (κ3) is 8.21. The molecule has 0 radical (unpaired) electrons. The molecule has 0 aromatic heterocycles. The topological polar surface area (TPSA) is 86.8 Å². The van der Waals surface area contributed by atoms with Crippen molar-refractivity contribution >= 4 is 50.7 Å². The fourth-order valence-corrected chi connectivity index (χ4v) is 5.90. The lowest BCUT2D eigenvalue weighted by Crippen LogP contribution is -2.53. The molecule has 0 saturated heterocycles. The van der Waals surface area contributed by atoms with Crippen LogP contribution in [0, 0.1) is 12.7 Å². The highest BCUT2D eigenvalue weighted by atomic mass is 35.5. The summed E-state index contributed by atoms with van der Waals surface area (Å²) in [5.74, 6) is -1.53. The molecule has 0 fully saturated rings. The zero-order valence-corrected chi connectivity index (χ0v) is 25.7. The van der Waals surface area contributed by atoms with Gasteiger partial charge in [-0.25, -0.2) is 12.8 Å². The highest BCUT2D eigenvalue weighted by Crippen LogP contribution is 2.27. The van der Waals surface area contributed by atoms with E-state index in [-0.39, 0.29) is 40.5 Å². The average molecular weight is 623 g/mol. The van der Waals surface area contributed by atoms with Gasteiger partial charge in [0.25, 0.3) is 10.0 Å². The highest BCUT2D eigenvalue weighted by molar-refractivity contribution is 7.92. The van der Waals surface area contributed by atoms with Gasteiger partial charge in [0, 0.05) is 12.6 Å². The van der Waals surface area contributed by atoms with Crippen LogP contribution in [0.2, 0.25) is 10.0 Å². The van der Waals surface area contributed by atoms with E-state index in [9.17, 15) is 22.4 Å². The molecule has 220 valence electrons. The van der Waals surface area contributed by atoms with Gasteiger partial charge in [0.15, 0.2) is 0 Å². The Labute approximate surface area is 251 Å². The molecule has 2 atom stereocenters. The smallest absolute Gasteiger partial charge is 0.264 e. The Morgan fingerprint density at radius 2 is 1.56 bits per heavy atom. The molecule has 3 rings (SSSR count). The van der Waals surface area contributed by atoms with Gasteiger partial charge in [0.1, 0.15) is 18.4 Å². The second-order valence-corrected chi connectivity index (χ2v) is 12.5. The van der Waals surface area contributed by atoms with Crippen molar-refractivity contribution in [1.29, 1.82) is 0 Å². The predicted molar refractivity (Wildman–Crippen MR) is 161 cm³/mol. The Morgan fingerprint density at radius 3 is 2.12 bits per heavy atom. The number of rotatable bonds is 12. The summed E-state index contributed by atoms with van der Waals surface area (Å²) >= 11 is 12.3. The summed E-state index contributed by atoms with van der Waals surface area (Å²) in [7, 11) is -4.25. The van der Waals surface area contributed by atoms with Crippen LogP contribution in [0.4, 0.5) is 10.1 Å². The van der Waals surface area contributed by atoms with Crippen molar-refractivity contribution in [2.75, 3.05) is 10.8 Å². The summed E-state index contributed by atoms with van der Waals surface area (Å²) in [6.07, 6.45) is 0.965. The second-order valence-electron chi connectivity index (χ2n) is 9.81. The summed E-state index contributed by atoms with van der Waals surface area (Å²) in [6.45, 7) is 6.74. The van der Waals surface area contributed by atoms with Crippen LogP contribution in [0.5, 0.6) is 0 Å². The molecule has 0 spiro atoms. The van der Waals surface area contributed by atoms with E-state index < -0.39 is 34.3 Å². The summed E-state index contributed by atoms with van der Waals surface area (Å²) in [4.78, 5) is 28.7. The van der Waals surface area contributed by atoms with E-state index >= 15 is 0 Å². The maximum atomic E-state index is 14.0. The van der Waals surface area contributed by atoms with E-state index in [2.05, 4.69) is 5.32 Å². The number of nitrogens with zero attached hydrogens (tertiary/aromatic N) is 2. The minimum Gasteiger partial charge on any atom is -0.352 e. The van der Waals surface area contributed by atoms with Crippen molar-refractivity contribution in [3.8, 4) is 0 Å². The highest BCUT2D eigenvalue weighted by Gasteiger charge is 2.34. The van der Waals surface area contributed by atoms with Gasteiger partial charge >= 0.3 is 0 Å². The lowest BCUT2D eigenvalue weighted by atomic mass is 10.1. The zero-order valence-electron chi connectivity index (χ0n) is 23.4. The van der Waals surface area contributed by atoms with Crippen LogP contribution in [0.1, 0.15) is 44.7 Å². The van der Waals surface area contributed by atoms with Gasteiger partial charge in [0.05, 0.1) is 20.6 Å². The van der Waals surface area contributed by atoms with Gasteiger partial charge in [-0.05, 0) is 80.8 Å². The molecule has 0 aliphatic carbocycles. The molecule has 0 heterocycles. The molecule has 11 heteroatoms. The Balaban J connectivity index is 2.07. The number of carbonyl (C=O) groups excluding carboxylic acids is 2. The fraction of sp³-hybridized carbons (Fsp3) is 0.333. The van der Waals surface area contributed by atoms with Gasteiger partial charge in [-0.1, -0.05) is 60.8 Å². The Kier molecular flexibility index (Phi) is 11.2. The van der Waals surface area contributed by atoms with Crippen molar-refractivity contribution in [3.63, 3.8) is 0 Å². The van der Waals surface area contributed by atoms with Crippen LogP contribution in [-0.4, -0.2) is 43.8 Å². The molecule has 3 aromatic carbocycles.